The molecule has 0 aliphatic rings. The highest BCUT2D eigenvalue weighted by atomic mass is 79.9. The molecule has 0 fully saturated rings. The number of benzene rings is 2. The lowest BCUT2D eigenvalue weighted by Crippen LogP contribution is -2.13. The molecule has 1 amide bonds. The molecule has 2 aromatic carbocycles. The third-order valence-electron chi connectivity index (χ3n) is 2.63. The average Bonchev–Trinajstić information content (AvgIpc) is 2.37. The lowest BCUT2D eigenvalue weighted by molar-refractivity contribution is -0.137. The Kier molecular flexibility index (Phi) is 4.22. The number of carbonyl (C=O) groups excluding carboxylic acids is 1. The molecule has 0 radical (unpaired) electrons. The molecule has 2 aromatic rings. The van der Waals surface area contributed by atoms with Gasteiger partial charge in [0.25, 0.3) is 5.91 Å². The van der Waals surface area contributed by atoms with Crippen LogP contribution in [0.25, 0.3) is 0 Å². The maximum atomic E-state index is 12.7. The minimum atomic E-state index is -4.49. The fourth-order valence-electron chi connectivity index (χ4n) is 1.71. The van der Waals surface area contributed by atoms with Crippen molar-refractivity contribution in [1.82, 2.24) is 0 Å². The number of nitrogens with two attached hydrogens (primary N) is 1. The van der Waals surface area contributed by atoms with Crippen molar-refractivity contribution < 1.29 is 18.0 Å². The van der Waals surface area contributed by atoms with Crippen LogP contribution in [-0.4, -0.2) is 5.91 Å². The summed E-state index contributed by atoms with van der Waals surface area (Å²) in [6.07, 6.45) is -4.49. The SMILES string of the molecule is Nc1cccc(C(=O)Nc2cc(Br)cc(C(F)(F)F)c2)c1. The van der Waals surface area contributed by atoms with Crippen molar-refractivity contribution in [1.29, 1.82) is 0 Å². The van der Waals surface area contributed by atoms with Gasteiger partial charge in [0.05, 0.1) is 5.56 Å². The van der Waals surface area contributed by atoms with E-state index in [1.165, 1.54) is 18.2 Å². The van der Waals surface area contributed by atoms with E-state index in [2.05, 4.69) is 21.2 Å². The lowest BCUT2D eigenvalue weighted by atomic mass is 10.1. The summed E-state index contributed by atoms with van der Waals surface area (Å²) in [6.45, 7) is 0. The quantitative estimate of drug-likeness (QED) is 0.786. The molecule has 0 spiro atoms. The van der Waals surface area contributed by atoms with Crippen molar-refractivity contribution in [3.63, 3.8) is 0 Å². The summed E-state index contributed by atoms with van der Waals surface area (Å²) >= 11 is 2.99. The van der Waals surface area contributed by atoms with Gasteiger partial charge in [-0.3, -0.25) is 4.79 Å². The number of halogens is 4. The van der Waals surface area contributed by atoms with E-state index in [1.807, 2.05) is 0 Å². The molecule has 21 heavy (non-hydrogen) atoms. The second-order valence-electron chi connectivity index (χ2n) is 4.31. The normalized spacial score (nSPS) is 11.2. The molecule has 0 saturated carbocycles. The largest absolute Gasteiger partial charge is 0.416 e. The van der Waals surface area contributed by atoms with E-state index in [1.54, 1.807) is 12.1 Å². The van der Waals surface area contributed by atoms with Crippen LogP contribution in [0.5, 0.6) is 0 Å². The second-order valence-corrected chi connectivity index (χ2v) is 5.22. The first-order valence-electron chi connectivity index (χ1n) is 5.80. The Hall–Kier alpha value is -2.02. The molecule has 0 aromatic heterocycles. The third kappa shape index (κ3) is 3.98. The van der Waals surface area contributed by atoms with Gasteiger partial charge in [-0.05, 0) is 36.4 Å². The minimum Gasteiger partial charge on any atom is -0.399 e. The van der Waals surface area contributed by atoms with Crippen LogP contribution in [0.3, 0.4) is 0 Å². The summed E-state index contributed by atoms with van der Waals surface area (Å²) in [4.78, 5) is 12.0. The molecule has 0 saturated heterocycles. The summed E-state index contributed by atoms with van der Waals surface area (Å²) in [5.74, 6) is -0.534. The number of anilines is 2. The number of hydrogen-bond acceptors (Lipinski definition) is 2. The summed E-state index contributed by atoms with van der Waals surface area (Å²) in [6, 6.07) is 9.36. The van der Waals surface area contributed by atoms with Crippen LogP contribution < -0.4 is 11.1 Å². The zero-order chi connectivity index (χ0) is 15.6. The number of alkyl halides is 3. The third-order valence-corrected chi connectivity index (χ3v) is 3.09. The Morgan fingerprint density at radius 3 is 2.48 bits per heavy atom. The maximum absolute atomic E-state index is 12.7. The number of rotatable bonds is 2. The van der Waals surface area contributed by atoms with E-state index in [-0.39, 0.29) is 15.7 Å². The first-order chi connectivity index (χ1) is 9.75. The van der Waals surface area contributed by atoms with Crippen LogP contribution >= 0.6 is 15.9 Å². The van der Waals surface area contributed by atoms with Gasteiger partial charge in [-0.15, -0.1) is 0 Å². The first kappa shape index (κ1) is 15.4. The number of carbonyl (C=O) groups is 1. The molecule has 2 rings (SSSR count). The zero-order valence-corrected chi connectivity index (χ0v) is 12.1. The highest BCUT2D eigenvalue weighted by Crippen LogP contribution is 2.33. The Morgan fingerprint density at radius 2 is 1.86 bits per heavy atom. The van der Waals surface area contributed by atoms with Gasteiger partial charge in [0.2, 0.25) is 0 Å². The summed E-state index contributed by atoms with van der Waals surface area (Å²) in [7, 11) is 0. The predicted molar refractivity (Wildman–Crippen MR) is 78.0 cm³/mol. The van der Waals surface area contributed by atoms with Gasteiger partial charge in [0, 0.05) is 21.4 Å². The molecule has 0 heterocycles. The van der Waals surface area contributed by atoms with Gasteiger partial charge in [0.1, 0.15) is 0 Å². The summed E-state index contributed by atoms with van der Waals surface area (Å²) in [5, 5.41) is 2.41. The highest BCUT2D eigenvalue weighted by Gasteiger charge is 2.31. The Morgan fingerprint density at radius 1 is 1.14 bits per heavy atom. The van der Waals surface area contributed by atoms with Gasteiger partial charge in [-0.1, -0.05) is 22.0 Å². The molecule has 3 nitrogen and oxygen atoms in total. The van der Waals surface area contributed by atoms with E-state index in [0.717, 1.165) is 12.1 Å². The van der Waals surface area contributed by atoms with Crippen LogP contribution in [0.2, 0.25) is 0 Å². The van der Waals surface area contributed by atoms with Crippen molar-refractivity contribution >= 4 is 33.2 Å². The van der Waals surface area contributed by atoms with Gasteiger partial charge in [0.15, 0.2) is 0 Å². The molecule has 0 aliphatic carbocycles. The van der Waals surface area contributed by atoms with E-state index in [9.17, 15) is 18.0 Å². The van der Waals surface area contributed by atoms with Crippen molar-refractivity contribution in [2.75, 3.05) is 11.1 Å². The van der Waals surface area contributed by atoms with Gasteiger partial charge < -0.3 is 11.1 Å². The Labute approximate surface area is 127 Å². The van der Waals surface area contributed by atoms with E-state index in [4.69, 9.17) is 5.73 Å². The molecule has 0 unspecified atom stereocenters. The van der Waals surface area contributed by atoms with Crippen molar-refractivity contribution in [3.8, 4) is 0 Å². The summed E-state index contributed by atoms with van der Waals surface area (Å²) < 4.78 is 38.4. The topological polar surface area (TPSA) is 55.1 Å². The van der Waals surface area contributed by atoms with Gasteiger partial charge in [-0.2, -0.15) is 13.2 Å². The number of nitrogens with one attached hydrogen (secondary N) is 1. The molecule has 0 atom stereocenters. The number of nitrogen functional groups attached to an aromatic ring is 1. The van der Waals surface area contributed by atoms with Crippen LogP contribution in [0.4, 0.5) is 24.5 Å². The monoisotopic (exact) mass is 358 g/mol. The van der Waals surface area contributed by atoms with Crippen molar-refractivity contribution in [2.24, 2.45) is 0 Å². The van der Waals surface area contributed by atoms with Crippen molar-refractivity contribution in [3.05, 3.63) is 58.1 Å². The Bertz CT molecular complexity index is 686. The van der Waals surface area contributed by atoms with E-state index < -0.39 is 17.6 Å². The number of hydrogen-bond donors (Lipinski definition) is 2. The summed E-state index contributed by atoms with van der Waals surface area (Å²) in [5.41, 5.74) is 5.42. The van der Waals surface area contributed by atoms with E-state index in [0.29, 0.717) is 5.69 Å². The fourth-order valence-corrected chi connectivity index (χ4v) is 2.20. The smallest absolute Gasteiger partial charge is 0.399 e. The molecular formula is C14H10BrF3N2O. The van der Waals surface area contributed by atoms with Crippen LogP contribution in [0.1, 0.15) is 15.9 Å². The van der Waals surface area contributed by atoms with Crippen LogP contribution in [0, 0.1) is 0 Å². The highest BCUT2D eigenvalue weighted by molar-refractivity contribution is 9.10. The molecule has 0 bridgehead atoms. The lowest BCUT2D eigenvalue weighted by Gasteiger charge is -2.11. The maximum Gasteiger partial charge on any atom is 0.416 e. The number of amides is 1. The van der Waals surface area contributed by atoms with Gasteiger partial charge in [-0.25, -0.2) is 0 Å². The standard InChI is InChI=1S/C14H10BrF3N2O/c15-10-5-9(14(16,17)18)6-12(7-10)20-13(21)8-2-1-3-11(19)4-8/h1-7H,19H2,(H,20,21). The molecule has 3 N–H and O–H groups in total. The van der Waals surface area contributed by atoms with Gasteiger partial charge >= 0.3 is 6.18 Å². The Balaban J connectivity index is 2.27. The molecule has 110 valence electrons. The molecule has 7 heteroatoms. The van der Waals surface area contributed by atoms with Crippen molar-refractivity contribution in [2.45, 2.75) is 6.18 Å². The average molecular weight is 359 g/mol. The minimum absolute atomic E-state index is 0.0455. The fraction of sp³-hybridized carbons (Fsp3) is 0.0714. The zero-order valence-electron chi connectivity index (χ0n) is 10.5. The van der Waals surface area contributed by atoms with Crippen LogP contribution in [0.15, 0.2) is 46.9 Å². The van der Waals surface area contributed by atoms with Crippen LogP contribution in [-0.2, 0) is 6.18 Å². The second kappa shape index (κ2) is 5.77. The first-order valence-corrected chi connectivity index (χ1v) is 6.60. The molecule has 0 aliphatic heterocycles. The molecular weight excluding hydrogens is 349 g/mol. The predicted octanol–water partition coefficient (Wildman–Crippen LogP) is 4.30. The van der Waals surface area contributed by atoms with E-state index >= 15 is 0 Å².